The number of carboxylic acids is 1. The molecule has 0 saturated heterocycles. The lowest BCUT2D eigenvalue weighted by atomic mass is 9.99. The molecule has 20 heavy (non-hydrogen) atoms. The maximum atomic E-state index is 11.2. The SMILES string of the molecule is CC[C@H](C)[C@@H](NCc1cnc(NC(C)C)nc1)C(=O)O. The fourth-order valence-electron chi connectivity index (χ4n) is 1.77. The number of hydrogen-bond donors (Lipinski definition) is 3. The Hall–Kier alpha value is -1.69. The van der Waals surface area contributed by atoms with Gasteiger partial charge in [-0.15, -0.1) is 0 Å². The van der Waals surface area contributed by atoms with Crippen molar-refractivity contribution in [2.75, 3.05) is 5.32 Å². The Bertz CT molecular complexity index is 420. The summed E-state index contributed by atoms with van der Waals surface area (Å²) >= 11 is 0. The molecule has 3 N–H and O–H groups in total. The van der Waals surface area contributed by atoms with Gasteiger partial charge in [0, 0.05) is 30.5 Å². The van der Waals surface area contributed by atoms with Crippen LogP contribution in [0.2, 0.25) is 0 Å². The predicted molar refractivity (Wildman–Crippen MR) is 78.5 cm³/mol. The molecule has 0 aliphatic rings. The highest BCUT2D eigenvalue weighted by molar-refractivity contribution is 5.73. The van der Waals surface area contributed by atoms with Crippen LogP contribution in [-0.4, -0.2) is 33.1 Å². The van der Waals surface area contributed by atoms with E-state index in [1.54, 1.807) is 12.4 Å². The van der Waals surface area contributed by atoms with E-state index in [1.807, 2.05) is 27.7 Å². The molecule has 6 heteroatoms. The molecule has 1 aromatic heterocycles. The first kappa shape index (κ1) is 16.4. The standard InChI is InChI=1S/C14H24N4O2/c1-5-10(4)12(13(19)20)15-6-11-7-16-14(17-8-11)18-9(2)3/h7-10,12,15H,5-6H2,1-4H3,(H,19,20)(H,16,17,18)/t10-,12+/m0/s1. The van der Waals surface area contributed by atoms with Crippen molar-refractivity contribution in [1.82, 2.24) is 15.3 Å². The summed E-state index contributed by atoms with van der Waals surface area (Å²) in [6.45, 7) is 8.39. The molecule has 0 bridgehead atoms. The Morgan fingerprint density at radius 2 is 1.90 bits per heavy atom. The molecule has 2 atom stereocenters. The summed E-state index contributed by atoms with van der Waals surface area (Å²) < 4.78 is 0. The predicted octanol–water partition coefficient (Wildman–Crippen LogP) is 1.89. The van der Waals surface area contributed by atoms with Crippen LogP contribution in [0.15, 0.2) is 12.4 Å². The zero-order chi connectivity index (χ0) is 15.1. The molecule has 1 heterocycles. The molecule has 1 aromatic rings. The van der Waals surface area contributed by atoms with Gasteiger partial charge < -0.3 is 10.4 Å². The largest absolute Gasteiger partial charge is 0.480 e. The molecule has 6 nitrogen and oxygen atoms in total. The topological polar surface area (TPSA) is 87.1 Å². The van der Waals surface area contributed by atoms with Gasteiger partial charge in [0.1, 0.15) is 6.04 Å². The van der Waals surface area contributed by atoms with Crippen molar-refractivity contribution in [2.45, 2.75) is 52.7 Å². The van der Waals surface area contributed by atoms with E-state index in [0.717, 1.165) is 12.0 Å². The van der Waals surface area contributed by atoms with Crippen LogP contribution in [-0.2, 0) is 11.3 Å². The molecule has 0 amide bonds. The fourth-order valence-corrected chi connectivity index (χ4v) is 1.77. The molecular weight excluding hydrogens is 256 g/mol. The minimum Gasteiger partial charge on any atom is -0.480 e. The maximum absolute atomic E-state index is 11.2. The van der Waals surface area contributed by atoms with Crippen LogP contribution in [0, 0.1) is 5.92 Å². The summed E-state index contributed by atoms with van der Waals surface area (Å²) in [5.41, 5.74) is 0.869. The minimum absolute atomic E-state index is 0.0790. The number of aliphatic carboxylic acids is 1. The zero-order valence-electron chi connectivity index (χ0n) is 12.6. The average molecular weight is 280 g/mol. The van der Waals surface area contributed by atoms with Crippen molar-refractivity contribution < 1.29 is 9.90 Å². The Labute approximate surface area is 120 Å². The Kier molecular flexibility index (Phi) is 6.38. The molecule has 1 rings (SSSR count). The van der Waals surface area contributed by atoms with Crippen molar-refractivity contribution in [2.24, 2.45) is 5.92 Å². The van der Waals surface area contributed by atoms with Crippen molar-refractivity contribution >= 4 is 11.9 Å². The number of nitrogens with zero attached hydrogens (tertiary/aromatic N) is 2. The molecule has 0 fully saturated rings. The molecule has 112 valence electrons. The third kappa shape index (κ3) is 5.13. The van der Waals surface area contributed by atoms with E-state index in [4.69, 9.17) is 0 Å². The summed E-state index contributed by atoms with van der Waals surface area (Å²) in [7, 11) is 0. The molecule has 0 aliphatic heterocycles. The van der Waals surface area contributed by atoms with Gasteiger partial charge >= 0.3 is 5.97 Å². The van der Waals surface area contributed by atoms with Gasteiger partial charge in [0.2, 0.25) is 5.95 Å². The van der Waals surface area contributed by atoms with Crippen LogP contribution in [0.5, 0.6) is 0 Å². The summed E-state index contributed by atoms with van der Waals surface area (Å²) in [5, 5.41) is 15.3. The summed E-state index contributed by atoms with van der Waals surface area (Å²) in [6, 6.07) is -0.269. The van der Waals surface area contributed by atoms with Gasteiger partial charge in [0.25, 0.3) is 0 Å². The van der Waals surface area contributed by atoms with Gasteiger partial charge in [0.15, 0.2) is 0 Å². The molecule has 0 saturated carbocycles. The van der Waals surface area contributed by atoms with Crippen LogP contribution in [0.25, 0.3) is 0 Å². The molecule has 0 radical (unpaired) electrons. The van der Waals surface area contributed by atoms with Gasteiger partial charge in [0.05, 0.1) is 0 Å². The maximum Gasteiger partial charge on any atom is 0.320 e. The number of carboxylic acid groups (broad SMARTS) is 1. The van der Waals surface area contributed by atoms with E-state index in [9.17, 15) is 9.90 Å². The average Bonchev–Trinajstić information content (AvgIpc) is 2.39. The molecule has 0 aromatic carbocycles. The van der Waals surface area contributed by atoms with E-state index >= 15 is 0 Å². The lowest BCUT2D eigenvalue weighted by molar-refractivity contribution is -0.140. The lowest BCUT2D eigenvalue weighted by Gasteiger charge is -2.20. The van der Waals surface area contributed by atoms with E-state index in [0.29, 0.717) is 12.5 Å². The highest BCUT2D eigenvalue weighted by atomic mass is 16.4. The molecular formula is C14H24N4O2. The van der Waals surface area contributed by atoms with Crippen LogP contribution < -0.4 is 10.6 Å². The summed E-state index contributed by atoms with van der Waals surface area (Å²) in [4.78, 5) is 19.6. The zero-order valence-corrected chi connectivity index (χ0v) is 12.6. The summed E-state index contributed by atoms with van der Waals surface area (Å²) in [6.07, 6.45) is 4.23. The fraction of sp³-hybridized carbons (Fsp3) is 0.643. The van der Waals surface area contributed by atoms with E-state index < -0.39 is 12.0 Å². The first-order valence-corrected chi connectivity index (χ1v) is 6.97. The Balaban J connectivity index is 2.57. The Morgan fingerprint density at radius 1 is 1.30 bits per heavy atom. The molecule has 0 spiro atoms. The smallest absolute Gasteiger partial charge is 0.320 e. The number of carbonyl (C=O) groups is 1. The van der Waals surface area contributed by atoms with Crippen molar-refractivity contribution in [3.8, 4) is 0 Å². The number of aromatic nitrogens is 2. The van der Waals surface area contributed by atoms with E-state index in [1.165, 1.54) is 0 Å². The third-order valence-electron chi connectivity index (χ3n) is 3.13. The van der Waals surface area contributed by atoms with Gasteiger partial charge in [-0.2, -0.15) is 0 Å². The van der Waals surface area contributed by atoms with Gasteiger partial charge in [-0.05, 0) is 19.8 Å². The normalized spacial score (nSPS) is 14.1. The second kappa shape index (κ2) is 7.79. The Morgan fingerprint density at radius 3 is 2.35 bits per heavy atom. The molecule has 0 unspecified atom stereocenters. The second-order valence-electron chi connectivity index (χ2n) is 5.30. The first-order chi connectivity index (χ1) is 9.43. The number of anilines is 1. The van der Waals surface area contributed by atoms with Crippen molar-refractivity contribution in [3.05, 3.63) is 18.0 Å². The minimum atomic E-state index is -0.821. The van der Waals surface area contributed by atoms with E-state index in [2.05, 4.69) is 20.6 Å². The van der Waals surface area contributed by atoms with Crippen molar-refractivity contribution in [1.29, 1.82) is 0 Å². The second-order valence-corrected chi connectivity index (χ2v) is 5.30. The molecule has 0 aliphatic carbocycles. The van der Waals surface area contributed by atoms with Crippen molar-refractivity contribution in [3.63, 3.8) is 0 Å². The van der Waals surface area contributed by atoms with Crippen LogP contribution in [0.4, 0.5) is 5.95 Å². The first-order valence-electron chi connectivity index (χ1n) is 6.97. The third-order valence-corrected chi connectivity index (χ3v) is 3.13. The van der Waals surface area contributed by atoms with Gasteiger partial charge in [-0.3, -0.25) is 10.1 Å². The van der Waals surface area contributed by atoms with Crippen LogP contribution >= 0.6 is 0 Å². The van der Waals surface area contributed by atoms with Crippen LogP contribution in [0.3, 0.4) is 0 Å². The van der Waals surface area contributed by atoms with E-state index in [-0.39, 0.29) is 12.0 Å². The lowest BCUT2D eigenvalue weighted by Crippen LogP contribution is -2.41. The number of nitrogens with one attached hydrogen (secondary N) is 2. The quantitative estimate of drug-likeness (QED) is 0.674. The highest BCUT2D eigenvalue weighted by Crippen LogP contribution is 2.09. The highest BCUT2D eigenvalue weighted by Gasteiger charge is 2.22. The van der Waals surface area contributed by atoms with Crippen LogP contribution in [0.1, 0.15) is 39.7 Å². The number of hydrogen-bond acceptors (Lipinski definition) is 5. The monoisotopic (exact) mass is 280 g/mol. The van der Waals surface area contributed by atoms with Gasteiger partial charge in [-0.25, -0.2) is 9.97 Å². The number of rotatable bonds is 8. The van der Waals surface area contributed by atoms with Gasteiger partial charge in [-0.1, -0.05) is 20.3 Å². The summed E-state index contributed by atoms with van der Waals surface area (Å²) in [5.74, 6) is -0.158.